The van der Waals surface area contributed by atoms with Crippen LogP contribution in [0.3, 0.4) is 0 Å². The highest BCUT2D eigenvalue weighted by molar-refractivity contribution is 5.92. The van der Waals surface area contributed by atoms with E-state index in [1.807, 2.05) is 31.4 Å². The molecule has 1 fully saturated rings. The van der Waals surface area contributed by atoms with Crippen molar-refractivity contribution in [1.29, 1.82) is 0 Å². The summed E-state index contributed by atoms with van der Waals surface area (Å²) in [5, 5.41) is 10.3. The molecule has 8 heteroatoms. The maximum atomic E-state index is 12.9. The SMILES string of the molecule is Cl.Cn1cc([C@H]2CNC[C@@H]2C(=O)NC(C)(C(N)=O)c2ccccc2)cn1. The molecule has 0 radical (unpaired) electrons. The molecule has 2 heterocycles. The van der Waals surface area contributed by atoms with Crippen LogP contribution in [-0.4, -0.2) is 34.7 Å². The number of amides is 2. The Morgan fingerprint density at radius 3 is 2.58 bits per heavy atom. The van der Waals surface area contributed by atoms with Gasteiger partial charge in [0.05, 0.1) is 12.1 Å². The van der Waals surface area contributed by atoms with Crippen LogP contribution in [0.15, 0.2) is 42.7 Å². The summed E-state index contributed by atoms with van der Waals surface area (Å²) < 4.78 is 1.72. The second-order valence-corrected chi connectivity index (χ2v) is 6.66. The molecule has 3 rings (SSSR count). The first-order valence-electron chi connectivity index (χ1n) is 8.28. The lowest BCUT2D eigenvalue weighted by atomic mass is 9.87. The van der Waals surface area contributed by atoms with Gasteiger partial charge in [-0.25, -0.2) is 0 Å². The average Bonchev–Trinajstić information content (AvgIpc) is 3.23. The summed E-state index contributed by atoms with van der Waals surface area (Å²) in [7, 11) is 1.85. The van der Waals surface area contributed by atoms with Crippen molar-refractivity contribution in [3.05, 3.63) is 53.9 Å². The van der Waals surface area contributed by atoms with E-state index >= 15 is 0 Å². The molecule has 26 heavy (non-hydrogen) atoms. The number of carbonyl (C=O) groups is 2. The van der Waals surface area contributed by atoms with Crippen molar-refractivity contribution >= 4 is 24.2 Å². The third-order valence-corrected chi connectivity index (χ3v) is 4.92. The number of rotatable bonds is 5. The summed E-state index contributed by atoms with van der Waals surface area (Å²) in [6, 6.07) is 9.07. The van der Waals surface area contributed by atoms with Gasteiger partial charge in [0.2, 0.25) is 11.8 Å². The molecule has 4 N–H and O–H groups in total. The van der Waals surface area contributed by atoms with Crippen molar-refractivity contribution < 1.29 is 9.59 Å². The average molecular weight is 378 g/mol. The summed E-state index contributed by atoms with van der Waals surface area (Å²) in [5.74, 6) is -1.05. The number of hydrogen-bond acceptors (Lipinski definition) is 4. The Labute approximate surface area is 158 Å². The minimum absolute atomic E-state index is 0. The molecule has 1 aromatic carbocycles. The maximum Gasteiger partial charge on any atom is 0.247 e. The monoisotopic (exact) mass is 377 g/mol. The number of aryl methyl sites for hydroxylation is 1. The lowest BCUT2D eigenvalue weighted by Gasteiger charge is -2.30. The van der Waals surface area contributed by atoms with E-state index in [1.165, 1.54) is 0 Å². The van der Waals surface area contributed by atoms with Crippen molar-refractivity contribution in [2.45, 2.75) is 18.4 Å². The van der Waals surface area contributed by atoms with Crippen LogP contribution in [0.5, 0.6) is 0 Å². The number of nitrogens with zero attached hydrogens (tertiary/aromatic N) is 2. The van der Waals surface area contributed by atoms with Gasteiger partial charge in [-0.2, -0.15) is 5.10 Å². The Morgan fingerprint density at radius 2 is 2.00 bits per heavy atom. The minimum atomic E-state index is -1.25. The third kappa shape index (κ3) is 3.73. The summed E-state index contributed by atoms with van der Waals surface area (Å²) in [5.41, 5.74) is 6.04. The summed E-state index contributed by atoms with van der Waals surface area (Å²) in [6.07, 6.45) is 3.70. The molecule has 0 spiro atoms. The number of nitrogens with two attached hydrogens (primary N) is 1. The molecule has 2 aromatic rings. The maximum absolute atomic E-state index is 12.9. The Hall–Kier alpha value is -2.38. The van der Waals surface area contributed by atoms with E-state index in [0.717, 1.165) is 5.56 Å². The first-order valence-corrected chi connectivity index (χ1v) is 8.28. The van der Waals surface area contributed by atoms with E-state index in [1.54, 1.807) is 29.9 Å². The van der Waals surface area contributed by atoms with E-state index in [2.05, 4.69) is 15.7 Å². The minimum Gasteiger partial charge on any atom is -0.367 e. The molecule has 1 aromatic heterocycles. The Balaban J connectivity index is 0.00000243. The number of nitrogens with one attached hydrogen (secondary N) is 2. The summed E-state index contributed by atoms with van der Waals surface area (Å²) in [6.45, 7) is 2.89. The molecule has 7 nitrogen and oxygen atoms in total. The Kier molecular flexibility index (Phi) is 6.05. The molecule has 140 valence electrons. The number of primary amides is 1. The fourth-order valence-corrected chi connectivity index (χ4v) is 3.32. The molecule has 1 unspecified atom stereocenters. The lowest BCUT2D eigenvalue weighted by molar-refractivity contribution is -0.133. The van der Waals surface area contributed by atoms with Gasteiger partial charge in [-0.05, 0) is 18.1 Å². The smallest absolute Gasteiger partial charge is 0.247 e. The zero-order valence-corrected chi connectivity index (χ0v) is 15.6. The van der Waals surface area contributed by atoms with E-state index in [-0.39, 0.29) is 30.2 Å². The second-order valence-electron chi connectivity index (χ2n) is 6.66. The van der Waals surface area contributed by atoms with Crippen molar-refractivity contribution in [2.75, 3.05) is 13.1 Å². The Morgan fingerprint density at radius 1 is 1.31 bits per heavy atom. The van der Waals surface area contributed by atoms with Gasteiger partial charge in [0.25, 0.3) is 0 Å². The highest BCUT2D eigenvalue weighted by Crippen LogP contribution is 2.29. The number of aromatic nitrogens is 2. The predicted octanol–water partition coefficient (Wildman–Crippen LogP) is 0.662. The summed E-state index contributed by atoms with van der Waals surface area (Å²) >= 11 is 0. The van der Waals surface area contributed by atoms with Gasteiger partial charge >= 0.3 is 0 Å². The zero-order chi connectivity index (χ0) is 18.0. The molecule has 0 saturated carbocycles. The molecular weight excluding hydrogens is 354 g/mol. The zero-order valence-electron chi connectivity index (χ0n) is 14.8. The molecule has 0 aliphatic carbocycles. The van der Waals surface area contributed by atoms with Crippen LogP contribution in [0.4, 0.5) is 0 Å². The van der Waals surface area contributed by atoms with Gasteiger partial charge in [-0.3, -0.25) is 14.3 Å². The van der Waals surface area contributed by atoms with Gasteiger partial charge in [-0.15, -0.1) is 12.4 Å². The first kappa shape index (κ1) is 19.9. The number of halogens is 1. The normalized spacial score (nSPS) is 21.5. The quantitative estimate of drug-likeness (QED) is 0.712. The lowest BCUT2D eigenvalue weighted by Crippen LogP contribution is -2.54. The van der Waals surface area contributed by atoms with E-state index in [4.69, 9.17) is 5.73 Å². The van der Waals surface area contributed by atoms with Gasteiger partial charge in [-0.1, -0.05) is 30.3 Å². The van der Waals surface area contributed by atoms with Crippen LogP contribution in [-0.2, 0) is 22.2 Å². The number of hydrogen-bond donors (Lipinski definition) is 3. The van der Waals surface area contributed by atoms with Gasteiger partial charge in [0.15, 0.2) is 0 Å². The predicted molar refractivity (Wildman–Crippen MR) is 101 cm³/mol. The van der Waals surface area contributed by atoms with Gasteiger partial charge in [0, 0.05) is 32.3 Å². The fourth-order valence-electron chi connectivity index (χ4n) is 3.32. The van der Waals surface area contributed by atoms with Crippen molar-refractivity contribution in [3.8, 4) is 0 Å². The van der Waals surface area contributed by atoms with Crippen LogP contribution in [0, 0.1) is 5.92 Å². The molecule has 1 aliphatic rings. The Bertz CT molecular complexity index is 779. The van der Waals surface area contributed by atoms with E-state index in [0.29, 0.717) is 18.7 Å². The molecular formula is C18H24ClN5O2. The highest BCUT2D eigenvalue weighted by atomic mass is 35.5. The fraction of sp³-hybridized carbons (Fsp3) is 0.389. The molecule has 1 aliphatic heterocycles. The molecule has 1 saturated heterocycles. The van der Waals surface area contributed by atoms with Crippen LogP contribution in [0.1, 0.15) is 24.0 Å². The topological polar surface area (TPSA) is 102 Å². The van der Waals surface area contributed by atoms with Crippen LogP contribution in [0.25, 0.3) is 0 Å². The molecule has 0 bridgehead atoms. The standard InChI is InChI=1S/C18H23N5O2.ClH/c1-18(17(19)25,13-6-4-3-5-7-13)22-16(24)15-10-20-9-14(15)12-8-21-23(2)11-12;/h3-8,11,14-15,20H,9-10H2,1-2H3,(H2,19,25)(H,22,24);1H/t14-,15+,18?;/m1./s1. The molecule has 2 amide bonds. The van der Waals surface area contributed by atoms with Crippen molar-refractivity contribution in [1.82, 2.24) is 20.4 Å². The summed E-state index contributed by atoms with van der Waals surface area (Å²) in [4.78, 5) is 25.0. The largest absolute Gasteiger partial charge is 0.367 e. The third-order valence-electron chi connectivity index (χ3n) is 4.92. The van der Waals surface area contributed by atoms with Crippen molar-refractivity contribution in [2.24, 2.45) is 18.7 Å². The van der Waals surface area contributed by atoms with Gasteiger partial charge < -0.3 is 16.4 Å². The second kappa shape index (κ2) is 7.88. The van der Waals surface area contributed by atoms with E-state index in [9.17, 15) is 9.59 Å². The number of carbonyl (C=O) groups excluding carboxylic acids is 2. The first-order chi connectivity index (χ1) is 11.9. The number of benzene rings is 1. The van der Waals surface area contributed by atoms with E-state index < -0.39 is 11.4 Å². The van der Waals surface area contributed by atoms with Crippen LogP contribution < -0.4 is 16.4 Å². The van der Waals surface area contributed by atoms with Gasteiger partial charge in [0.1, 0.15) is 5.54 Å². The molecule has 3 atom stereocenters. The van der Waals surface area contributed by atoms with Crippen LogP contribution >= 0.6 is 12.4 Å². The highest BCUT2D eigenvalue weighted by Gasteiger charge is 2.40. The van der Waals surface area contributed by atoms with Crippen molar-refractivity contribution in [3.63, 3.8) is 0 Å². The van der Waals surface area contributed by atoms with Crippen LogP contribution in [0.2, 0.25) is 0 Å².